The zero-order valence-corrected chi connectivity index (χ0v) is 10.9. The third kappa shape index (κ3) is 2.91. The van der Waals surface area contributed by atoms with Crippen molar-refractivity contribution < 1.29 is 17.7 Å². The highest BCUT2D eigenvalue weighted by Gasteiger charge is 2.19. The maximum Gasteiger partial charge on any atom is 0.278 e. The van der Waals surface area contributed by atoms with Crippen LogP contribution in [0.5, 0.6) is 0 Å². The van der Waals surface area contributed by atoms with Gasteiger partial charge in [0.05, 0.1) is 22.9 Å². The summed E-state index contributed by atoms with van der Waals surface area (Å²) in [6.07, 6.45) is 1.09. The maximum absolute atomic E-state index is 13.2. The molecule has 10 heteroatoms. The summed E-state index contributed by atoms with van der Waals surface area (Å²) in [5, 5.41) is 10.4. The monoisotopic (exact) mass is 300 g/mol. The SMILES string of the molecule is Cc1ncc(S(=O)(=O)Nc2cc(F)cc([N+](=O)[O-])c2)[nH]1. The summed E-state index contributed by atoms with van der Waals surface area (Å²) in [5.41, 5.74) is -0.799. The summed E-state index contributed by atoms with van der Waals surface area (Å²) in [4.78, 5) is 16.0. The number of non-ortho nitro benzene ring substituents is 1. The maximum atomic E-state index is 13.2. The lowest BCUT2D eigenvalue weighted by atomic mass is 10.3. The molecule has 0 saturated heterocycles. The van der Waals surface area contributed by atoms with Crippen LogP contribution in [0.3, 0.4) is 0 Å². The average Bonchev–Trinajstić information content (AvgIpc) is 2.75. The van der Waals surface area contributed by atoms with Crippen molar-refractivity contribution >= 4 is 21.4 Å². The highest BCUT2D eigenvalue weighted by Crippen LogP contribution is 2.22. The van der Waals surface area contributed by atoms with Crippen molar-refractivity contribution in [1.82, 2.24) is 9.97 Å². The zero-order valence-electron chi connectivity index (χ0n) is 10.1. The number of hydrogen-bond acceptors (Lipinski definition) is 5. The molecular formula is C10H9FN4O4S. The summed E-state index contributed by atoms with van der Waals surface area (Å²) >= 11 is 0. The van der Waals surface area contributed by atoms with Gasteiger partial charge in [-0.1, -0.05) is 0 Å². The Labute approximate surface area is 112 Å². The van der Waals surface area contributed by atoms with E-state index in [0.29, 0.717) is 11.9 Å². The summed E-state index contributed by atoms with van der Waals surface area (Å²) in [7, 11) is -4.01. The molecule has 0 unspecified atom stereocenters. The predicted octanol–water partition coefficient (Wildman–Crippen LogP) is 1.57. The number of aromatic amines is 1. The van der Waals surface area contributed by atoms with Gasteiger partial charge in [0.15, 0.2) is 5.03 Å². The normalized spacial score (nSPS) is 11.3. The van der Waals surface area contributed by atoms with Crippen LogP contribution in [0.4, 0.5) is 15.8 Å². The Kier molecular flexibility index (Phi) is 3.40. The standard InChI is InChI=1S/C10H9FN4O4S/c1-6-12-5-10(13-6)20(18,19)14-8-2-7(11)3-9(4-8)15(16)17/h2-5,14H,1H3,(H,12,13). The largest absolute Gasteiger partial charge is 0.332 e. The topological polar surface area (TPSA) is 118 Å². The van der Waals surface area contributed by atoms with E-state index < -0.39 is 26.5 Å². The minimum absolute atomic E-state index is 0.220. The summed E-state index contributed by atoms with van der Waals surface area (Å²) in [5.74, 6) is -0.534. The number of benzene rings is 1. The molecule has 2 aromatic rings. The van der Waals surface area contributed by atoms with Crippen molar-refractivity contribution in [3.8, 4) is 0 Å². The van der Waals surface area contributed by atoms with Gasteiger partial charge in [-0.3, -0.25) is 14.8 Å². The van der Waals surface area contributed by atoms with E-state index in [1.807, 2.05) is 4.72 Å². The molecule has 0 aliphatic heterocycles. The Balaban J connectivity index is 2.37. The zero-order chi connectivity index (χ0) is 14.9. The van der Waals surface area contributed by atoms with Gasteiger partial charge in [0.25, 0.3) is 15.7 Å². The van der Waals surface area contributed by atoms with Crippen LogP contribution in [0.25, 0.3) is 0 Å². The molecule has 0 radical (unpaired) electrons. The molecule has 20 heavy (non-hydrogen) atoms. The molecule has 1 heterocycles. The molecule has 8 nitrogen and oxygen atoms in total. The lowest BCUT2D eigenvalue weighted by Gasteiger charge is -2.06. The molecule has 0 aliphatic rings. The number of sulfonamides is 1. The van der Waals surface area contributed by atoms with E-state index >= 15 is 0 Å². The first-order chi connectivity index (χ1) is 9.28. The van der Waals surface area contributed by atoms with Gasteiger partial charge in [-0.15, -0.1) is 0 Å². The van der Waals surface area contributed by atoms with Gasteiger partial charge in [-0.2, -0.15) is 8.42 Å². The van der Waals surface area contributed by atoms with Gasteiger partial charge in [0.1, 0.15) is 11.6 Å². The third-order valence-corrected chi connectivity index (χ3v) is 3.61. The minimum atomic E-state index is -4.01. The number of aryl methyl sites for hydroxylation is 1. The molecule has 0 amide bonds. The van der Waals surface area contributed by atoms with Crippen molar-refractivity contribution in [1.29, 1.82) is 0 Å². The highest BCUT2D eigenvalue weighted by molar-refractivity contribution is 7.92. The number of aromatic nitrogens is 2. The Morgan fingerprint density at radius 3 is 2.65 bits per heavy atom. The summed E-state index contributed by atoms with van der Waals surface area (Å²) in [6.45, 7) is 1.56. The third-order valence-electron chi connectivity index (χ3n) is 2.31. The lowest BCUT2D eigenvalue weighted by Crippen LogP contribution is -2.13. The quantitative estimate of drug-likeness (QED) is 0.656. The number of rotatable bonds is 4. The van der Waals surface area contributed by atoms with Crippen LogP contribution in [-0.4, -0.2) is 23.3 Å². The number of nitro benzene ring substituents is 1. The van der Waals surface area contributed by atoms with E-state index in [0.717, 1.165) is 18.3 Å². The lowest BCUT2D eigenvalue weighted by molar-refractivity contribution is -0.385. The van der Waals surface area contributed by atoms with Crippen molar-refractivity contribution in [2.24, 2.45) is 0 Å². The Bertz CT molecular complexity index is 771. The van der Waals surface area contributed by atoms with Crippen LogP contribution in [-0.2, 0) is 10.0 Å². The second kappa shape index (κ2) is 4.89. The first-order valence-corrected chi connectivity index (χ1v) is 6.76. The highest BCUT2D eigenvalue weighted by atomic mass is 32.2. The van der Waals surface area contributed by atoms with E-state index in [-0.39, 0.29) is 10.7 Å². The molecule has 2 N–H and O–H groups in total. The Morgan fingerprint density at radius 1 is 1.40 bits per heavy atom. The van der Waals surface area contributed by atoms with Crippen LogP contribution >= 0.6 is 0 Å². The van der Waals surface area contributed by atoms with Gasteiger partial charge in [0, 0.05) is 6.07 Å². The Hall–Kier alpha value is -2.49. The van der Waals surface area contributed by atoms with Crippen molar-refractivity contribution in [2.45, 2.75) is 11.9 Å². The predicted molar refractivity (Wildman–Crippen MR) is 67.2 cm³/mol. The Morgan fingerprint density at radius 2 is 2.10 bits per heavy atom. The first kappa shape index (κ1) is 13.9. The number of anilines is 1. The molecule has 106 valence electrons. The van der Waals surface area contributed by atoms with Crippen molar-refractivity contribution in [3.05, 3.63) is 46.2 Å². The van der Waals surface area contributed by atoms with Gasteiger partial charge >= 0.3 is 0 Å². The van der Waals surface area contributed by atoms with Gasteiger partial charge < -0.3 is 4.98 Å². The molecular weight excluding hydrogens is 291 g/mol. The number of halogens is 1. The van der Waals surface area contributed by atoms with E-state index in [2.05, 4.69) is 9.97 Å². The molecule has 0 atom stereocenters. The number of hydrogen-bond donors (Lipinski definition) is 2. The molecule has 0 aliphatic carbocycles. The molecule has 2 rings (SSSR count). The first-order valence-electron chi connectivity index (χ1n) is 5.27. The molecule has 1 aromatic heterocycles. The minimum Gasteiger partial charge on any atom is -0.332 e. The summed E-state index contributed by atoms with van der Waals surface area (Å²) in [6, 6.07) is 2.45. The number of nitrogens with zero attached hydrogens (tertiary/aromatic N) is 2. The second-order valence-corrected chi connectivity index (χ2v) is 5.54. The van der Waals surface area contributed by atoms with Crippen LogP contribution in [0, 0.1) is 22.9 Å². The number of H-pyrrole nitrogens is 1. The van der Waals surface area contributed by atoms with E-state index in [4.69, 9.17) is 0 Å². The van der Waals surface area contributed by atoms with Crippen LogP contribution in [0.1, 0.15) is 5.82 Å². The van der Waals surface area contributed by atoms with E-state index in [9.17, 15) is 22.9 Å². The molecule has 0 bridgehead atoms. The molecule has 0 fully saturated rings. The number of nitro groups is 1. The van der Waals surface area contributed by atoms with Crippen molar-refractivity contribution in [3.63, 3.8) is 0 Å². The average molecular weight is 300 g/mol. The number of nitrogens with one attached hydrogen (secondary N) is 2. The van der Waals surface area contributed by atoms with Gasteiger partial charge in [0.2, 0.25) is 0 Å². The fourth-order valence-corrected chi connectivity index (χ4v) is 2.50. The van der Waals surface area contributed by atoms with Gasteiger partial charge in [-0.25, -0.2) is 9.37 Å². The molecule has 0 spiro atoms. The summed E-state index contributed by atoms with van der Waals surface area (Å²) < 4.78 is 39.1. The number of imidazole rings is 1. The van der Waals surface area contributed by atoms with Crippen LogP contribution in [0.15, 0.2) is 29.4 Å². The van der Waals surface area contributed by atoms with E-state index in [1.165, 1.54) is 0 Å². The smallest absolute Gasteiger partial charge is 0.278 e. The second-order valence-electron chi connectivity index (χ2n) is 3.89. The molecule has 0 saturated carbocycles. The fourth-order valence-electron chi connectivity index (χ4n) is 1.48. The molecule has 1 aromatic carbocycles. The van der Waals surface area contributed by atoms with Crippen LogP contribution < -0.4 is 4.72 Å². The van der Waals surface area contributed by atoms with Gasteiger partial charge in [-0.05, 0) is 13.0 Å². The fraction of sp³-hybridized carbons (Fsp3) is 0.100. The van der Waals surface area contributed by atoms with Crippen LogP contribution in [0.2, 0.25) is 0 Å². The van der Waals surface area contributed by atoms with E-state index in [1.54, 1.807) is 6.92 Å². The van der Waals surface area contributed by atoms with Crippen molar-refractivity contribution in [2.75, 3.05) is 4.72 Å².